The van der Waals surface area contributed by atoms with Gasteiger partial charge in [0.2, 0.25) is 5.91 Å². The molecule has 0 spiro atoms. The summed E-state index contributed by atoms with van der Waals surface area (Å²) >= 11 is 1.36. The van der Waals surface area contributed by atoms with Gasteiger partial charge in [-0.25, -0.2) is 0 Å². The highest BCUT2D eigenvalue weighted by Gasteiger charge is 2.15. The van der Waals surface area contributed by atoms with E-state index in [1.807, 2.05) is 41.8 Å². The molecule has 166 valence electrons. The molecule has 2 aromatic carbocycles. The van der Waals surface area contributed by atoms with Crippen molar-refractivity contribution in [3.05, 3.63) is 77.6 Å². The van der Waals surface area contributed by atoms with Crippen LogP contribution in [0.3, 0.4) is 0 Å². The number of ether oxygens (including phenoxy) is 1. The average molecular weight is 449 g/mol. The number of anilines is 1. The second-order valence-electron chi connectivity index (χ2n) is 7.88. The van der Waals surface area contributed by atoms with Gasteiger partial charge in [-0.1, -0.05) is 42.1 Å². The van der Waals surface area contributed by atoms with Gasteiger partial charge in [-0.3, -0.25) is 9.36 Å². The fourth-order valence-corrected chi connectivity index (χ4v) is 4.59. The summed E-state index contributed by atoms with van der Waals surface area (Å²) in [6.45, 7) is 6.68. The number of amides is 1. The molecule has 0 fully saturated rings. The number of aryl methyl sites for hydroxylation is 3. The van der Waals surface area contributed by atoms with Crippen molar-refractivity contribution in [3.8, 4) is 5.75 Å². The number of carbonyl (C=O) groups is 1. The van der Waals surface area contributed by atoms with Gasteiger partial charge in [0.05, 0.1) is 5.75 Å². The first-order valence-corrected chi connectivity index (χ1v) is 11.9. The van der Waals surface area contributed by atoms with Gasteiger partial charge in [-0.05, 0) is 67.5 Å². The van der Waals surface area contributed by atoms with Crippen LogP contribution < -0.4 is 10.1 Å². The summed E-state index contributed by atoms with van der Waals surface area (Å²) in [5, 5.41) is 12.2. The van der Waals surface area contributed by atoms with Gasteiger partial charge in [0, 0.05) is 12.2 Å². The highest BCUT2D eigenvalue weighted by Crippen LogP contribution is 2.26. The number of thioether (sulfide) groups is 1. The van der Waals surface area contributed by atoms with Crippen LogP contribution in [0, 0.1) is 6.92 Å². The Morgan fingerprint density at radius 3 is 2.81 bits per heavy atom. The van der Waals surface area contributed by atoms with Crippen molar-refractivity contribution in [1.29, 1.82) is 0 Å². The molecule has 0 unspecified atom stereocenters. The minimum atomic E-state index is -0.0793. The molecule has 6 nitrogen and oxygen atoms in total. The summed E-state index contributed by atoms with van der Waals surface area (Å²) < 4.78 is 7.97. The van der Waals surface area contributed by atoms with E-state index in [2.05, 4.69) is 34.2 Å². The van der Waals surface area contributed by atoms with Crippen LogP contribution in [0.5, 0.6) is 5.75 Å². The van der Waals surface area contributed by atoms with Gasteiger partial charge in [0.1, 0.15) is 12.4 Å². The van der Waals surface area contributed by atoms with Crippen LogP contribution in [-0.4, -0.2) is 26.4 Å². The fourth-order valence-electron chi connectivity index (χ4n) is 3.82. The molecular weight excluding hydrogens is 420 g/mol. The molecule has 3 aromatic rings. The number of carbonyl (C=O) groups excluding carboxylic acids is 1. The van der Waals surface area contributed by atoms with Crippen molar-refractivity contribution in [1.82, 2.24) is 14.8 Å². The van der Waals surface area contributed by atoms with E-state index in [1.54, 1.807) is 6.08 Å². The van der Waals surface area contributed by atoms with E-state index in [1.165, 1.54) is 35.7 Å². The summed E-state index contributed by atoms with van der Waals surface area (Å²) in [6, 6.07) is 14.1. The Hall–Kier alpha value is -3.06. The molecular formula is C25H28N4O2S. The third kappa shape index (κ3) is 5.40. The highest BCUT2D eigenvalue weighted by molar-refractivity contribution is 7.99. The molecule has 0 saturated carbocycles. The van der Waals surface area contributed by atoms with Crippen molar-refractivity contribution in [2.24, 2.45) is 0 Å². The van der Waals surface area contributed by atoms with Gasteiger partial charge < -0.3 is 10.1 Å². The Labute approximate surface area is 193 Å². The topological polar surface area (TPSA) is 69.0 Å². The lowest BCUT2D eigenvalue weighted by Gasteiger charge is -2.16. The summed E-state index contributed by atoms with van der Waals surface area (Å²) in [6.07, 6.45) is 6.57. The quantitative estimate of drug-likeness (QED) is 0.370. The van der Waals surface area contributed by atoms with Crippen molar-refractivity contribution in [3.63, 3.8) is 0 Å². The standard InChI is InChI=1S/C25H28N4O2S/c1-3-14-29-23(16-31-21-13-12-19-9-5-6-10-20(19)15-21)27-28-25(29)32-17-24(30)26-22-11-7-4-8-18(22)2/h3-4,7-8,11-13,15H,1,5-6,9-10,14,16-17H2,2H3,(H,26,30). The molecule has 0 atom stereocenters. The molecule has 0 aliphatic heterocycles. The van der Waals surface area contributed by atoms with E-state index in [4.69, 9.17) is 4.74 Å². The zero-order valence-corrected chi connectivity index (χ0v) is 19.2. The van der Waals surface area contributed by atoms with Crippen LogP contribution in [-0.2, 0) is 30.8 Å². The van der Waals surface area contributed by atoms with Crippen LogP contribution in [0.15, 0.2) is 60.3 Å². The summed E-state index contributed by atoms with van der Waals surface area (Å²) in [5.74, 6) is 1.73. The maximum atomic E-state index is 12.4. The minimum absolute atomic E-state index is 0.0793. The minimum Gasteiger partial charge on any atom is -0.486 e. The van der Waals surface area contributed by atoms with Crippen LogP contribution >= 0.6 is 11.8 Å². The number of hydrogen-bond acceptors (Lipinski definition) is 5. The summed E-state index contributed by atoms with van der Waals surface area (Å²) in [5.41, 5.74) is 4.67. The molecule has 7 heteroatoms. The Bertz CT molecular complexity index is 1110. The number of aromatic nitrogens is 3. The maximum Gasteiger partial charge on any atom is 0.234 e. The van der Waals surface area contributed by atoms with Gasteiger partial charge in [-0.15, -0.1) is 16.8 Å². The number of fused-ring (bicyclic) bond motifs is 1. The van der Waals surface area contributed by atoms with Gasteiger partial charge in [-0.2, -0.15) is 0 Å². The lowest BCUT2D eigenvalue weighted by Crippen LogP contribution is -2.15. The number of para-hydroxylation sites is 1. The summed E-state index contributed by atoms with van der Waals surface area (Å²) in [4.78, 5) is 12.4. The SMILES string of the molecule is C=CCn1c(COc2ccc3c(c2)CCCC3)nnc1SCC(=O)Nc1ccccc1C. The number of allylic oxidation sites excluding steroid dienone is 1. The lowest BCUT2D eigenvalue weighted by molar-refractivity contribution is -0.113. The molecule has 0 bridgehead atoms. The number of benzene rings is 2. The monoisotopic (exact) mass is 448 g/mol. The van der Waals surface area contributed by atoms with E-state index in [9.17, 15) is 4.79 Å². The highest BCUT2D eigenvalue weighted by atomic mass is 32.2. The Kier molecular flexibility index (Phi) is 7.27. The molecule has 1 heterocycles. The van der Waals surface area contributed by atoms with Crippen LogP contribution in [0.2, 0.25) is 0 Å². The van der Waals surface area contributed by atoms with Crippen LogP contribution in [0.4, 0.5) is 5.69 Å². The molecule has 1 aromatic heterocycles. The third-order valence-corrected chi connectivity index (χ3v) is 6.51. The van der Waals surface area contributed by atoms with Gasteiger partial charge in [0.25, 0.3) is 0 Å². The van der Waals surface area contributed by atoms with E-state index in [0.29, 0.717) is 24.1 Å². The molecule has 1 N–H and O–H groups in total. The van der Waals surface area contributed by atoms with E-state index < -0.39 is 0 Å². The number of nitrogens with one attached hydrogen (secondary N) is 1. The molecule has 0 radical (unpaired) electrons. The van der Waals surface area contributed by atoms with Crippen molar-refractivity contribution < 1.29 is 9.53 Å². The Morgan fingerprint density at radius 2 is 2.00 bits per heavy atom. The third-order valence-electron chi connectivity index (χ3n) is 5.54. The largest absolute Gasteiger partial charge is 0.486 e. The van der Waals surface area contributed by atoms with Gasteiger partial charge >= 0.3 is 0 Å². The first-order valence-electron chi connectivity index (χ1n) is 10.9. The zero-order valence-electron chi connectivity index (χ0n) is 18.3. The zero-order chi connectivity index (χ0) is 22.3. The van der Waals surface area contributed by atoms with E-state index in [-0.39, 0.29) is 11.7 Å². The van der Waals surface area contributed by atoms with Crippen molar-refractivity contribution in [2.45, 2.75) is 50.9 Å². The lowest BCUT2D eigenvalue weighted by atomic mass is 9.92. The average Bonchev–Trinajstić information content (AvgIpc) is 3.19. The van der Waals surface area contributed by atoms with E-state index in [0.717, 1.165) is 29.8 Å². The molecule has 4 rings (SSSR count). The number of nitrogens with zero attached hydrogens (tertiary/aromatic N) is 3. The maximum absolute atomic E-state index is 12.4. The second-order valence-corrected chi connectivity index (χ2v) is 8.82. The van der Waals surface area contributed by atoms with E-state index >= 15 is 0 Å². The first-order chi connectivity index (χ1) is 15.6. The van der Waals surface area contributed by atoms with Crippen molar-refractivity contribution in [2.75, 3.05) is 11.1 Å². The normalized spacial score (nSPS) is 12.8. The predicted molar refractivity (Wildman–Crippen MR) is 128 cm³/mol. The number of rotatable bonds is 9. The number of hydrogen-bond donors (Lipinski definition) is 1. The Morgan fingerprint density at radius 1 is 1.19 bits per heavy atom. The fraction of sp³-hybridized carbons (Fsp3) is 0.320. The Balaban J connectivity index is 1.38. The smallest absolute Gasteiger partial charge is 0.234 e. The molecule has 1 amide bonds. The molecule has 1 aliphatic rings. The van der Waals surface area contributed by atoms with Crippen molar-refractivity contribution >= 4 is 23.4 Å². The molecule has 1 aliphatic carbocycles. The molecule has 32 heavy (non-hydrogen) atoms. The molecule has 0 saturated heterocycles. The van der Waals surface area contributed by atoms with Gasteiger partial charge in [0.15, 0.2) is 11.0 Å². The second kappa shape index (κ2) is 10.5. The first kappa shape index (κ1) is 22.1. The summed E-state index contributed by atoms with van der Waals surface area (Å²) in [7, 11) is 0. The predicted octanol–water partition coefficient (Wildman–Crippen LogP) is 4.96. The van der Waals surface area contributed by atoms with Crippen LogP contribution in [0.25, 0.3) is 0 Å². The van der Waals surface area contributed by atoms with Crippen LogP contribution in [0.1, 0.15) is 35.4 Å².